The summed E-state index contributed by atoms with van der Waals surface area (Å²) in [6, 6.07) is 0. The van der Waals surface area contributed by atoms with Crippen molar-refractivity contribution < 1.29 is 9.53 Å². The number of nitrogens with one attached hydrogen (secondary N) is 1. The van der Waals surface area contributed by atoms with Crippen LogP contribution in [0.25, 0.3) is 0 Å². The zero-order valence-electron chi connectivity index (χ0n) is 8.93. The second-order valence-corrected chi connectivity index (χ2v) is 3.60. The van der Waals surface area contributed by atoms with Gasteiger partial charge in [-0.2, -0.15) is 0 Å². The average molecular weight is 187 g/mol. The number of amides is 1. The third kappa shape index (κ3) is 9.18. The molecule has 1 amide bonds. The van der Waals surface area contributed by atoms with E-state index in [2.05, 4.69) is 19.2 Å². The zero-order chi connectivity index (χ0) is 10.1. The highest BCUT2D eigenvalue weighted by Gasteiger charge is 1.99. The van der Waals surface area contributed by atoms with Gasteiger partial charge in [0.1, 0.15) is 0 Å². The molecule has 0 saturated heterocycles. The molecule has 0 heterocycles. The minimum atomic E-state index is -0.286. The molecule has 1 N–H and O–H groups in total. The van der Waals surface area contributed by atoms with E-state index in [0.717, 1.165) is 25.8 Å². The van der Waals surface area contributed by atoms with Crippen molar-refractivity contribution in [3.63, 3.8) is 0 Å². The normalized spacial score (nSPS) is 10.2. The van der Waals surface area contributed by atoms with Crippen molar-refractivity contribution in [3.8, 4) is 0 Å². The van der Waals surface area contributed by atoms with Gasteiger partial charge in [0.2, 0.25) is 0 Å². The Morgan fingerprint density at radius 2 is 2.15 bits per heavy atom. The van der Waals surface area contributed by atoms with Gasteiger partial charge in [0.25, 0.3) is 0 Å². The molecule has 0 aliphatic rings. The molecule has 3 nitrogen and oxygen atoms in total. The van der Waals surface area contributed by atoms with Crippen LogP contribution in [0.1, 0.15) is 40.0 Å². The molecule has 13 heavy (non-hydrogen) atoms. The number of alkyl carbamates (subject to hydrolysis) is 1. The lowest BCUT2D eigenvalue weighted by Gasteiger charge is -2.06. The van der Waals surface area contributed by atoms with Gasteiger partial charge in [0.15, 0.2) is 0 Å². The second kappa shape index (κ2) is 7.90. The first-order valence-electron chi connectivity index (χ1n) is 5.07. The molecule has 0 aromatic rings. The first-order chi connectivity index (χ1) is 6.16. The third-order valence-electron chi connectivity index (χ3n) is 1.66. The van der Waals surface area contributed by atoms with E-state index < -0.39 is 0 Å². The minimum absolute atomic E-state index is 0.286. The lowest BCUT2D eigenvalue weighted by molar-refractivity contribution is 0.146. The molecule has 0 saturated carbocycles. The largest absolute Gasteiger partial charge is 0.450 e. The number of carbonyl (C=O) groups excluding carboxylic acids is 1. The minimum Gasteiger partial charge on any atom is -0.450 e. The highest BCUT2D eigenvalue weighted by atomic mass is 16.5. The molecule has 0 aliphatic carbocycles. The summed E-state index contributed by atoms with van der Waals surface area (Å²) in [5, 5.41) is 2.71. The summed E-state index contributed by atoms with van der Waals surface area (Å²) in [5.41, 5.74) is 0. The molecule has 0 atom stereocenters. The van der Waals surface area contributed by atoms with Gasteiger partial charge in [-0.25, -0.2) is 4.79 Å². The Kier molecular flexibility index (Phi) is 7.45. The molecular formula is C10H21NO2. The third-order valence-corrected chi connectivity index (χ3v) is 1.66. The van der Waals surface area contributed by atoms with Crippen molar-refractivity contribution in [1.29, 1.82) is 0 Å². The van der Waals surface area contributed by atoms with Crippen LogP contribution in [0, 0.1) is 5.92 Å². The van der Waals surface area contributed by atoms with Crippen LogP contribution in [0.4, 0.5) is 4.79 Å². The summed E-state index contributed by atoms with van der Waals surface area (Å²) in [6.07, 6.45) is 2.76. The van der Waals surface area contributed by atoms with Crippen LogP contribution in [0.15, 0.2) is 0 Å². The first-order valence-corrected chi connectivity index (χ1v) is 5.07. The molecule has 78 valence electrons. The summed E-state index contributed by atoms with van der Waals surface area (Å²) in [4.78, 5) is 10.9. The Morgan fingerprint density at radius 3 is 2.69 bits per heavy atom. The van der Waals surface area contributed by atoms with Crippen molar-refractivity contribution in [2.75, 3.05) is 13.2 Å². The Balaban J connectivity index is 3.17. The summed E-state index contributed by atoms with van der Waals surface area (Å²) >= 11 is 0. The molecule has 0 unspecified atom stereocenters. The van der Waals surface area contributed by atoms with Gasteiger partial charge in [-0.05, 0) is 25.2 Å². The number of rotatable bonds is 6. The van der Waals surface area contributed by atoms with Crippen LogP contribution in [0.3, 0.4) is 0 Å². The van der Waals surface area contributed by atoms with Crippen LogP contribution in [-0.4, -0.2) is 19.2 Å². The molecule has 0 aromatic heterocycles. The van der Waals surface area contributed by atoms with Crippen molar-refractivity contribution in [2.24, 2.45) is 5.92 Å². The molecule has 0 bridgehead atoms. The molecule has 3 heteroatoms. The SMILES string of the molecule is CCCOC(=O)NCCCC(C)C. The van der Waals surface area contributed by atoms with E-state index in [1.807, 2.05) is 6.92 Å². The van der Waals surface area contributed by atoms with Gasteiger partial charge in [-0.3, -0.25) is 0 Å². The van der Waals surface area contributed by atoms with Crippen molar-refractivity contribution >= 4 is 6.09 Å². The lowest BCUT2D eigenvalue weighted by atomic mass is 10.1. The summed E-state index contributed by atoms with van der Waals surface area (Å²) < 4.78 is 4.85. The highest BCUT2D eigenvalue weighted by Crippen LogP contribution is 2.01. The molecule has 0 fully saturated rings. The van der Waals surface area contributed by atoms with E-state index in [0.29, 0.717) is 12.5 Å². The Morgan fingerprint density at radius 1 is 1.46 bits per heavy atom. The molecule has 0 aromatic carbocycles. The lowest BCUT2D eigenvalue weighted by Crippen LogP contribution is -2.25. The summed E-state index contributed by atoms with van der Waals surface area (Å²) in [6.45, 7) is 7.56. The Hall–Kier alpha value is -0.730. The number of hydrogen-bond donors (Lipinski definition) is 1. The average Bonchev–Trinajstić information content (AvgIpc) is 2.08. The molecule has 0 rings (SSSR count). The van der Waals surface area contributed by atoms with E-state index in [1.165, 1.54) is 0 Å². The van der Waals surface area contributed by atoms with Gasteiger partial charge in [0.05, 0.1) is 6.61 Å². The number of carbonyl (C=O) groups is 1. The maximum atomic E-state index is 10.9. The van der Waals surface area contributed by atoms with Gasteiger partial charge in [0, 0.05) is 6.54 Å². The number of ether oxygens (including phenoxy) is 1. The summed E-state index contributed by atoms with van der Waals surface area (Å²) in [5.74, 6) is 0.702. The highest BCUT2D eigenvalue weighted by molar-refractivity contribution is 5.66. The van der Waals surface area contributed by atoms with Gasteiger partial charge >= 0.3 is 6.09 Å². The van der Waals surface area contributed by atoms with E-state index in [1.54, 1.807) is 0 Å². The molecular weight excluding hydrogens is 166 g/mol. The fourth-order valence-electron chi connectivity index (χ4n) is 0.947. The van der Waals surface area contributed by atoms with Gasteiger partial charge < -0.3 is 10.1 Å². The monoisotopic (exact) mass is 187 g/mol. The zero-order valence-corrected chi connectivity index (χ0v) is 8.93. The van der Waals surface area contributed by atoms with E-state index >= 15 is 0 Å². The fraction of sp³-hybridized carbons (Fsp3) is 0.900. The van der Waals surface area contributed by atoms with Gasteiger partial charge in [-0.15, -0.1) is 0 Å². The van der Waals surface area contributed by atoms with Crippen LogP contribution in [0.2, 0.25) is 0 Å². The fourth-order valence-corrected chi connectivity index (χ4v) is 0.947. The van der Waals surface area contributed by atoms with Crippen LogP contribution >= 0.6 is 0 Å². The first kappa shape index (κ1) is 12.3. The van der Waals surface area contributed by atoms with Crippen LogP contribution in [-0.2, 0) is 4.74 Å². The van der Waals surface area contributed by atoms with Gasteiger partial charge in [-0.1, -0.05) is 20.8 Å². The Labute approximate surface area is 80.8 Å². The summed E-state index contributed by atoms with van der Waals surface area (Å²) in [7, 11) is 0. The number of hydrogen-bond acceptors (Lipinski definition) is 2. The van der Waals surface area contributed by atoms with Crippen molar-refractivity contribution in [3.05, 3.63) is 0 Å². The maximum Gasteiger partial charge on any atom is 0.407 e. The topological polar surface area (TPSA) is 38.3 Å². The maximum absolute atomic E-state index is 10.9. The van der Waals surface area contributed by atoms with E-state index in [-0.39, 0.29) is 6.09 Å². The van der Waals surface area contributed by atoms with E-state index in [9.17, 15) is 4.79 Å². The predicted molar refractivity (Wildman–Crippen MR) is 53.7 cm³/mol. The molecule has 0 spiro atoms. The second-order valence-electron chi connectivity index (χ2n) is 3.60. The smallest absolute Gasteiger partial charge is 0.407 e. The van der Waals surface area contributed by atoms with Crippen LogP contribution in [0.5, 0.6) is 0 Å². The quantitative estimate of drug-likeness (QED) is 0.649. The van der Waals surface area contributed by atoms with Crippen LogP contribution < -0.4 is 5.32 Å². The molecule has 0 aliphatic heterocycles. The van der Waals surface area contributed by atoms with Crippen molar-refractivity contribution in [1.82, 2.24) is 5.32 Å². The molecule has 0 radical (unpaired) electrons. The predicted octanol–water partition coefficient (Wildman–Crippen LogP) is 2.56. The van der Waals surface area contributed by atoms with E-state index in [4.69, 9.17) is 4.74 Å². The standard InChI is InChI=1S/C10H21NO2/c1-4-8-13-10(12)11-7-5-6-9(2)3/h9H,4-8H2,1-3H3,(H,11,12). The Bertz CT molecular complexity index is 135. The van der Waals surface area contributed by atoms with Crippen molar-refractivity contribution in [2.45, 2.75) is 40.0 Å².